The summed E-state index contributed by atoms with van der Waals surface area (Å²) in [5.74, 6) is 0.0527. The summed E-state index contributed by atoms with van der Waals surface area (Å²) in [4.78, 5) is 14.2. The summed E-state index contributed by atoms with van der Waals surface area (Å²) in [5, 5.41) is 12.1. The van der Waals surface area contributed by atoms with Gasteiger partial charge in [0.15, 0.2) is 4.34 Å². The lowest BCUT2D eigenvalue weighted by Gasteiger charge is -2.20. The number of amides is 1. The summed E-state index contributed by atoms with van der Waals surface area (Å²) in [5.41, 5.74) is 0.893. The number of carbonyl (C=O) groups is 1. The molecule has 0 saturated heterocycles. The zero-order chi connectivity index (χ0) is 16.7. The minimum atomic E-state index is -0.211. The van der Waals surface area contributed by atoms with Crippen molar-refractivity contribution in [2.45, 2.75) is 36.3 Å². The monoisotopic (exact) mass is 350 g/mol. The van der Waals surface area contributed by atoms with Crippen molar-refractivity contribution in [3.05, 3.63) is 30.3 Å². The van der Waals surface area contributed by atoms with E-state index in [2.05, 4.69) is 22.4 Å². The minimum absolute atomic E-state index is 0.0527. The topological polar surface area (TPSA) is 58.1 Å². The molecule has 1 aromatic carbocycles. The molecule has 1 amide bonds. The van der Waals surface area contributed by atoms with Gasteiger partial charge < -0.3 is 10.2 Å². The highest BCUT2D eigenvalue weighted by Gasteiger charge is 2.21. The number of hydrogen-bond donors (Lipinski definition) is 1. The molecular weight excluding hydrogens is 328 g/mol. The highest BCUT2D eigenvalue weighted by molar-refractivity contribution is 8.02. The zero-order valence-corrected chi connectivity index (χ0v) is 15.3. The molecule has 0 aliphatic carbocycles. The van der Waals surface area contributed by atoms with E-state index in [-0.39, 0.29) is 11.2 Å². The molecule has 23 heavy (non-hydrogen) atoms. The Labute approximate surface area is 145 Å². The Kier molecular flexibility index (Phi) is 6.85. The van der Waals surface area contributed by atoms with Gasteiger partial charge in [-0.25, -0.2) is 0 Å². The lowest BCUT2D eigenvalue weighted by molar-refractivity contribution is -0.117. The highest BCUT2D eigenvalue weighted by Crippen LogP contribution is 2.30. The Morgan fingerprint density at radius 2 is 2.09 bits per heavy atom. The van der Waals surface area contributed by atoms with Crippen LogP contribution in [0.5, 0.6) is 0 Å². The predicted molar refractivity (Wildman–Crippen MR) is 98.5 cm³/mol. The second kappa shape index (κ2) is 8.88. The van der Waals surface area contributed by atoms with E-state index in [0.717, 1.165) is 34.5 Å². The van der Waals surface area contributed by atoms with Crippen LogP contribution in [0.1, 0.15) is 26.7 Å². The number of carbonyl (C=O) groups excluding carboxylic acids is 1. The van der Waals surface area contributed by atoms with E-state index in [0.29, 0.717) is 0 Å². The van der Waals surface area contributed by atoms with E-state index in [1.165, 1.54) is 23.1 Å². The number of hydrogen-bond acceptors (Lipinski definition) is 6. The molecule has 0 spiro atoms. The molecule has 0 aliphatic heterocycles. The molecule has 2 rings (SSSR count). The molecule has 0 fully saturated rings. The summed E-state index contributed by atoms with van der Waals surface area (Å²) in [6.07, 6.45) is 2.25. The van der Waals surface area contributed by atoms with Gasteiger partial charge in [0.25, 0.3) is 0 Å². The van der Waals surface area contributed by atoms with Crippen LogP contribution in [0, 0.1) is 0 Å². The fourth-order valence-electron chi connectivity index (χ4n) is 1.95. The Bertz CT molecular complexity index is 618. The van der Waals surface area contributed by atoms with Gasteiger partial charge in [0, 0.05) is 19.3 Å². The molecule has 5 nitrogen and oxygen atoms in total. The third-order valence-electron chi connectivity index (χ3n) is 3.31. The molecule has 2 aromatic rings. The van der Waals surface area contributed by atoms with Gasteiger partial charge in [0.2, 0.25) is 11.0 Å². The summed E-state index contributed by atoms with van der Waals surface area (Å²) >= 11 is 2.94. The Balaban J connectivity index is 1.90. The van der Waals surface area contributed by atoms with Gasteiger partial charge in [-0.2, -0.15) is 0 Å². The Hall–Kier alpha value is -1.60. The third-order valence-corrected chi connectivity index (χ3v) is 5.37. The minimum Gasteiger partial charge on any atom is -0.360 e. The van der Waals surface area contributed by atoms with Gasteiger partial charge in [0.05, 0.1) is 5.25 Å². The average molecular weight is 351 g/mol. The zero-order valence-electron chi connectivity index (χ0n) is 13.7. The maximum atomic E-state index is 12.5. The van der Waals surface area contributed by atoms with Crippen LogP contribution in [0.15, 0.2) is 34.7 Å². The van der Waals surface area contributed by atoms with Crippen LogP contribution < -0.4 is 10.2 Å². The first-order chi connectivity index (χ1) is 11.1. The van der Waals surface area contributed by atoms with Crippen molar-refractivity contribution in [3.63, 3.8) is 0 Å². The van der Waals surface area contributed by atoms with Crippen molar-refractivity contribution in [2.24, 2.45) is 0 Å². The van der Waals surface area contributed by atoms with Crippen LogP contribution >= 0.6 is 23.1 Å². The van der Waals surface area contributed by atoms with Gasteiger partial charge in [0.1, 0.15) is 0 Å². The third kappa shape index (κ3) is 5.21. The number of aromatic nitrogens is 2. The molecule has 0 aliphatic rings. The van der Waals surface area contributed by atoms with Crippen LogP contribution in [0.2, 0.25) is 0 Å². The van der Waals surface area contributed by atoms with E-state index in [1.54, 1.807) is 11.9 Å². The maximum Gasteiger partial charge on any atom is 0.240 e. The van der Waals surface area contributed by atoms with Gasteiger partial charge >= 0.3 is 0 Å². The normalized spacial score (nSPS) is 12.0. The first-order valence-corrected chi connectivity index (χ1v) is 9.38. The predicted octanol–water partition coefficient (Wildman–Crippen LogP) is 3.89. The van der Waals surface area contributed by atoms with Crippen LogP contribution in [0.25, 0.3) is 0 Å². The molecule has 0 saturated carbocycles. The van der Waals surface area contributed by atoms with Gasteiger partial charge in [-0.15, -0.1) is 10.2 Å². The van der Waals surface area contributed by atoms with Crippen molar-refractivity contribution >= 4 is 39.8 Å². The fraction of sp³-hybridized carbons (Fsp3) is 0.438. The quantitative estimate of drug-likeness (QED) is 0.578. The van der Waals surface area contributed by atoms with Gasteiger partial charge in [-0.1, -0.05) is 54.6 Å². The second-order valence-electron chi connectivity index (χ2n) is 5.15. The number of anilines is 2. The summed E-state index contributed by atoms with van der Waals surface area (Å²) in [7, 11) is 1.80. The van der Waals surface area contributed by atoms with Crippen LogP contribution in [-0.2, 0) is 4.79 Å². The van der Waals surface area contributed by atoms with Crippen LogP contribution in [0.4, 0.5) is 10.8 Å². The van der Waals surface area contributed by atoms with Crippen molar-refractivity contribution in [1.82, 2.24) is 10.2 Å². The highest BCUT2D eigenvalue weighted by atomic mass is 32.2. The molecular formula is C16H22N4OS2. The lowest BCUT2D eigenvalue weighted by Crippen LogP contribution is -2.33. The average Bonchev–Trinajstić information content (AvgIpc) is 3.02. The molecule has 1 heterocycles. The van der Waals surface area contributed by atoms with E-state index in [4.69, 9.17) is 0 Å². The molecule has 1 N–H and O–H groups in total. The number of thioether (sulfide) groups is 1. The smallest absolute Gasteiger partial charge is 0.240 e. The van der Waals surface area contributed by atoms with Gasteiger partial charge in [-0.05, 0) is 25.5 Å². The molecule has 124 valence electrons. The SMILES string of the molecule is CCCCNc1nnc(SC(C)C(=O)N(C)c2ccccc2)s1. The maximum absolute atomic E-state index is 12.5. The molecule has 1 aromatic heterocycles. The number of nitrogens with one attached hydrogen (secondary N) is 1. The molecule has 1 unspecified atom stereocenters. The van der Waals surface area contributed by atoms with E-state index in [1.807, 2.05) is 37.3 Å². The van der Waals surface area contributed by atoms with Crippen LogP contribution in [-0.4, -0.2) is 34.9 Å². The summed E-state index contributed by atoms with van der Waals surface area (Å²) in [6, 6.07) is 9.64. The molecule has 0 radical (unpaired) electrons. The summed E-state index contributed by atoms with van der Waals surface area (Å²) in [6.45, 7) is 4.96. The van der Waals surface area contributed by atoms with Crippen molar-refractivity contribution in [3.8, 4) is 0 Å². The molecule has 0 bridgehead atoms. The number of rotatable bonds is 8. The Morgan fingerprint density at radius 1 is 1.35 bits per heavy atom. The summed E-state index contributed by atoms with van der Waals surface area (Å²) < 4.78 is 0.811. The van der Waals surface area contributed by atoms with E-state index < -0.39 is 0 Å². The number of nitrogens with zero attached hydrogens (tertiary/aromatic N) is 3. The number of unbranched alkanes of at least 4 members (excludes halogenated alkanes) is 1. The van der Waals surface area contributed by atoms with Crippen molar-refractivity contribution in [2.75, 3.05) is 23.8 Å². The molecule has 1 atom stereocenters. The fourth-order valence-corrected chi connectivity index (χ4v) is 3.97. The first kappa shape index (κ1) is 17.7. The number of para-hydroxylation sites is 1. The second-order valence-corrected chi connectivity index (χ2v) is 7.71. The van der Waals surface area contributed by atoms with Gasteiger partial charge in [-0.3, -0.25) is 4.79 Å². The largest absolute Gasteiger partial charge is 0.360 e. The van der Waals surface area contributed by atoms with E-state index in [9.17, 15) is 4.79 Å². The van der Waals surface area contributed by atoms with Crippen molar-refractivity contribution in [1.29, 1.82) is 0 Å². The van der Waals surface area contributed by atoms with Crippen molar-refractivity contribution < 1.29 is 4.79 Å². The number of benzene rings is 1. The lowest BCUT2D eigenvalue weighted by atomic mass is 10.3. The van der Waals surface area contributed by atoms with Crippen LogP contribution in [0.3, 0.4) is 0 Å². The first-order valence-electron chi connectivity index (χ1n) is 7.68. The molecule has 7 heteroatoms. The standard InChI is InChI=1S/C16H22N4OS2/c1-4-5-11-17-15-18-19-16(23-15)22-12(2)14(21)20(3)13-9-7-6-8-10-13/h6-10,12H,4-5,11H2,1-3H3,(H,17,18). The van der Waals surface area contributed by atoms with E-state index >= 15 is 0 Å². The Morgan fingerprint density at radius 3 is 2.78 bits per heavy atom.